The fraction of sp³-hybridized carbons (Fsp3) is 0. The third kappa shape index (κ3) is 10.1. The summed E-state index contributed by atoms with van der Waals surface area (Å²) in [5, 5.41) is 0. The van der Waals surface area contributed by atoms with Gasteiger partial charge in [-0.15, -0.1) is 0 Å². The molecule has 0 saturated carbocycles. The normalized spacial score (nSPS) is 4.50. The van der Waals surface area contributed by atoms with Gasteiger partial charge in [-0.3, -0.25) is 0 Å². The van der Waals surface area contributed by atoms with E-state index in [0.717, 1.165) is 0 Å². The summed E-state index contributed by atoms with van der Waals surface area (Å²) in [5.41, 5.74) is 0. The molecule has 0 aromatic carbocycles. The first-order valence-electron chi connectivity index (χ1n) is 0.365. The Morgan fingerprint density at radius 3 is 1.25 bits per heavy atom. The zero-order valence-electron chi connectivity index (χ0n) is 1.88. The standard InChI is InChI=1S/H2O2S.Y/c1-3-2;/h1-2H;. The minimum Gasteiger partial charge on any atom is -0.307 e. The molecule has 0 amide bonds. The van der Waals surface area contributed by atoms with Crippen LogP contribution >= 0.6 is 12.3 Å². The SMILES string of the molecule is OSO.[Y]. The van der Waals surface area contributed by atoms with E-state index < -0.39 is 0 Å². The molecule has 0 aliphatic heterocycles. The van der Waals surface area contributed by atoms with E-state index in [4.69, 9.17) is 9.11 Å². The van der Waals surface area contributed by atoms with Crippen LogP contribution in [0, 0.1) is 0 Å². The van der Waals surface area contributed by atoms with Crippen LogP contribution in [0.15, 0.2) is 0 Å². The van der Waals surface area contributed by atoms with Crippen molar-refractivity contribution in [3.63, 3.8) is 0 Å². The third-order valence-electron chi connectivity index (χ3n) is 0. The summed E-state index contributed by atoms with van der Waals surface area (Å²) < 4.78 is 14.1. The molecule has 0 aliphatic rings. The molecule has 0 heterocycles. The van der Waals surface area contributed by atoms with Gasteiger partial charge in [0.15, 0.2) is 12.3 Å². The molecule has 2 N–H and O–H groups in total. The molecule has 0 aliphatic carbocycles. The molecule has 0 aromatic heterocycles. The van der Waals surface area contributed by atoms with Gasteiger partial charge in [0, 0.05) is 32.7 Å². The summed E-state index contributed by atoms with van der Waals surface area (Å²) in [4.78, 5) is 0. The van der Waals surface area contributed by atoms with E-state index in [1.54, 1.807) is 0 Å². The van der Waals surface area contributed by atoms with Crippen molar-refractivity contribution in [1.82, 2.24) is 0 Å². The summed E-state index contributed by atoms with van der Waals surface area (Å²) in [5.74, 6) is 0. The van der Waals surface area contributed by atoms with Gasteiger partial charge in [-0.1, -0.05) is 0 Å². The molecule has 0 spiro atoms. The minimum absolute atomic E-state index is 0. The fourth-order valence-electron chi connectivity index (χ4n) is 0. The monoisotopic (exact) mass is 155 g/mol. The summed E-state index contributed by atoms with van der Waals surface area (Å²) in [6.45, 7) is 0. The zero-order valence-corrected chi connectivity index (χ0v) is 5.53. The molecule has 0 saturated heterocycles. The van der Waals surface area contributed by atoms with Crippen molar-refractivity contribution < 1.29 is 41.8 Å². The first kappa shape index (κ1) is 9.03. The van der Waals surface area contributed by atoms with Gasteiger partial charge in [0.2, 0.25) is 0 Å². The maximum atomic E-state index is 7.04. The topological polar surface area (TPSA) is 40.5 Å². The average Bonchev–Trinajstić information content (AvgIpc) is 0.918. The van der Waals surface area contributed by atoms with Gasteiger partial charge in [-0.25, -0.2) is 0 Å². The van der Waals surface area contributed by atoms with Gasteiger partial charge in [0.1, 0.15) is 0 Å². The van der Waals surface area contributed by atoms with E-state index in [-0.39, 0.29) is 45.0 Å². The molecule has 0 unspecified atom stereocenters. The molecule has 0 aromatic rings. The predicted octanol–water partition coefficient (Wildman–Crippen LogP) is 0.663. The van der Waals surface area contributed by atoms with Crippen LogP contribution in [0.3, 0.4) is 0 Å². The Morgan fingerprint density at radius 2 is 1.25 bits per heavy atom. The average molecular weight is 155 g/mol. The number of rotatable bonds is 0. The third-order valence-corrected chi connectivity index (χ3v) is 0. The Balaban J connectivity index is 0. The van der Waals surface area contributed by atoms with E-state index in [0.29, 0.717) is 0 Å². The van der Waals surface area contributed by atoms with Gasteiger partial charge in [0.25, 0.3) is 0 Å². The van der Waals surface area contributed by atoms with Crippen LogP contribution in [0.1, 0.15) is 0 Å². The minimum atomic E-state index is -0.250. The molecule has 0 rings (SSSR count). The van der Waals surface area contributed by atoms with Gasteiger partial charge in [-0.05, 0) is 0 Å². The second-order valence-corrected chi connectivity index (χ2v) is 0.245. The Morgan fingerprint density at radius 1 is 1.25 bits per heavy atom. The molecule has 1 radical (unpaired) electrons. The van der Waals surface area contributed by atoms with Crippen LogP contribution in [-0.4, -0.2) is 9.11 Å². The van der Waals surface area contributed by atoms with Crippen LogP contribution in [0.5, 0.6) is 0 Å². The molecule has 0 bridgehead atoms. The summed E-state index contributed by atoms with van der Waals surface area (Å²) >= 11 is -0.250. The maximum absolute atomic E-state index is 7.04. The summed E-state index contributed by atoms with van der Waals surface area (Å²) in [6, 6.07) is 0. The van der Waals surface area contributed by atoms with Crippen LogP contribution < -0.4 is 0 Å². The second-order valence-electron chi connectivity index (χ2n) is 0.0816. The molecule has 2 nitrogen and oxygen atoms in total. The quantitative estimate of drug-likeness (QED) is 0.505. The molecule has 4 heteroatoms. The van der Waals surface area contributed by atoms with Crippen molar-refractivity contribution in [3.05, 3.63) is 0 Å². The predicted molar refractivity (Wildman–Crippen MR) is 12.8 cm³/mol. The van der Waals surface area contributed by atoms with Crippen molar-refractivity contribution in [2.45, 2.75) is 0 Å². The van der Waals surface area contributed by atoms with Crippen molar-refractivity contribution in [2.75, 3.05) is 0 Å². The Kier molecular flexibility index (Phi) is 19.9. The van der Waals surface area contributed by atoms with Gasteiger partial charge in [-0.2, -0.15) is 0 Å². The molecular weight excluding hydrogens is 153 g/mol. The molecule has 23 valence electrons. The van der Waals surface area contributed by atoms with Gasteiger partial charge < -0.3 is 9.11 Å². The van der Waals surface area contributed by atoms with Gasteiger partial charge in [0.05, 0.1) is 0 Å². The Hall–Kier alpha value is 1.37. The Labute approximate surface area is 53.9 Å². The van der Waals surface area contributed by atoms with Crippen LogP contribution in [0.25, 0.3) is 0 Å². The van der Waals surface area contributed by atoms with Crippen LogP contribution in [-0.2, 0) is 32.7 Å². The van der Waals surface area contributed by atoms with Crippen molar-refractivity contribution in [1.29, 1.82) is 0 Å². The summed E-state index contributed by atoms with van der Waals surface area (Å²) in [7, 11) is 0. The van der Waals surface area contributed by atoms with E-state index in [1.165, 1.54) is 0 Å². The van der Waals surface area contributed by atoms with E-state index in [9.17, 15) is 0 Å². The molecular formula is H2O2SY. The molecule has 4 heavy (non-hydrogen) atoms. The largest absolute Gasteiger partial charge is 0.307 e. The van der Waals surface area contributed by atoms with E-state index >= 15 is 0 Å². The smallest absolute Gasteiger partial charge is 0.152 e. The maximum Gasteiger partial charge on any atom is 0.152 e. The second kappa shape index (κ2) is 8.84. The van der Waals surface area contributed by atoms with E-state index in [1.807, 2.05) is 0 Å². The first-order chi connectivity index (χ1) is 1.41. The number of hydrogen-bond acceptors (Lipinski definition) is 3. The number of hydrogen-bond donors (Lipinski definition) is 2. The first-order valence-corrected chi connectivity index (χ1v) is 1.10. The Bertz CT molecular complexity index is 6.00. The van der Waals surface area contributed by atoms with Crippen molar-refractivity contribution in [2.24, 2.45) is 0 Å². The van der Waals surface area contributed by atoms with Crippen LogP contribution in [0.4, 0.5) is 0 Å². The van der Waals surface area contributed by atoms with Crippen molar-refractivity contribution >= 4 is 12.3 Å². The molecule has 0 fully saturated rings. The fourth-order valence-corrected chi connectivity index (χ4v) is 0. The zero-order chi connectivity index (χ0) is 2.71. The summed E-state index contributed by atoms with van der Waals surface area (Å²) in [6.07, 6.45) is 0. The van der Waals surface area contributed by atoms with E-state index in [2.05, 4.69) is 0 Å². The van der Waals surface area contributed by atoms with Gasteiger partial charge >= 0.3 is 0 Å². The van der Waals surface area contributed by atoms with Crippen molar-refractivity contribution in [3.8, 4) is 0 Å². The molecule has 0 atom stereocenters. The van der Waals surface area contributed by atoms with Crippen LogP contribution in [0.2, 0.25) is 0 Å².